The van der Waals surface area contributed by atoms with E-state index in [-0.39, 0.29) is 23.7 Å². The van der Waals surface area contributed by atoms with Crippen molar-refractivity contribution in [1.82, 2.24) is 0 Å². The lowest BCUT2D eigenvalue weighted by Gasteiger charge is -2.25. The molecule has 0 aromatic heterocycles. The summed E-state index contributed by atoms with van der Waals surface area (Å²) in [5.41, 5.74) is 5.70. The van der Waals surface area contributed by atoms with Gasteiger partial charge < -0.3 is 10.6 Å². The molecule has 1 aromatic carbocycles. The van der Waals surface area contributed by atoms with E-state index in [0.717, 1.165) is 6.07 Å². The highest BCUT2D eigenvalue weighted by Crippen LogP contribution is 2.21. The van der Waals surface area contributed by atoms with Crippen molar-refractivity contribution in [3.05, 3.63) is 29.6 Å². The third-order valence-corrected chi connectivity index (χ3v) is 2.38. The number of halogens is 1. The molecule has 0 atom stereocenters. The quantitative estimate of drug-likeness (QED) is 0.782. The van der Waals surface area contributed by atoms with Crippen LogP contribution in [-0.4, -0.2) is 25.3 Å². The summed E-state index contributed by atoms with van der Waals surface area (Å²) in [6, 6.07) is 4.15. The van der Waals surface area contributed by atoms with E-state index < -0.39 is 11.7 Å². The molecule has 18 heavy (non-hydrogen) atoms. The van der Waals surface area contributed by atoms with Crippen molar-refractivity contribution in [3.8, 4) is 0 Å². The lowest BCUT2D eigenvalue weighted by Crippen LogP contribution is -2.36. The van der Waals surface area contributed by atoms with E-state index in [0.29, 0.717) is 12.8 Å². The van der Waals surface area contributed by atoms with Gasteiger partial charge in [0, 0.05) is 12.1 Å². The number of primary amides is 1. The van der Waals surface area contributed by atoms with Gasteiger partial charge in [-0.25, -0.2) is 4.39 Å². The lowest BCUT2D eigenvalue weighted by atomic mass is 10.1. The second-order valence-corrected chi connectivity index (χ2v) is 4.57. The van der Waals surface area contributed by atoms with Gasteiger partial charge in [0.1, 0.15) is 12.1 Å². The number of aldehydes is 1. The molecule has 0 radical (unpaired) electrons. The SMILES string of the molecule is CC(C)CN(CC(N)=O)c1ccc(C=O)cc1F. The summed E-state index contributed by atoms with van der Waals surface area (Å²) in [6.07, 6.45) is 0.577. The molecule has 0 aliphatic carbocycles. The topological polar surface area (TPSA) is 63.4 Å². The molecule has 0 aliphatic heterocycles. The van der Waals surface area contributed by atoms with Crippen LogP contribution in [0, 0.1) is 11.7 Å². The van der Waals surface area contributed by atoms with Crippen LogP contribution in [0.3, 0.4) is 0 Å². The molecule has 0 bridgehead atoms. The van der Waals surface area contributed by atoms with Crippen LogP contribution < -0.4 is 10.6 Å². The zero-order valence-corrected chi connectivity index (χ0v) is 10.5. The van der Waals surface area contributed by atoms with Gasteiger partial charge in [-0.15, -0.1) is 0 Å². The molecular formula is C13H17FN2O2. The fraction of sp³-hybridized carbons (Fsp3) is 0.385. The van der Waals surface area contributed by atoms with Gasteiger partial charge in [0.05, 0.1) is 12.2 Å². The zero-order valence-electron chi connectivity index (χ0n) is 10.5. The van der Waals surface area contributed by atoms with Gasteiger partial charge in [-0.2, -0.15) is 0 Å². The van der Waals surface area contributed by atoms with Crippen LogP contribution in [0.1, 0.15) is 24.2 Å². The van der Waals surface area contributed by atoms with Crippen LogP contribution in [0.15, 0.2) is 18.2 Å². The predicted molar refractivity (Wildman–Crippen MR) is 68.0 cm³/mol. The Hall–Kier alpha value is -1.91. The summed E-state index contributed by atoms with van der Waals surface area (Å²) in [5, 5.41) is 0. The Morgan fingerprint density at radius 3 is 2.61 bits per heavy atom. The number of anilines is 1. The summed E-state index contributed by atoms with van der Waals surface area (Å²) in [7, 11) is 0. The van der Waals surface area contributed by atoms with Gasteiger partial charge in [-0.3, -0.25) is 9.59 Å². The average Bonchev–Trinajstić information content (AvgIpc) is 2.26. The molecule has 0 fully saturated rings. The number of carbonyl (C=O) groups is 2. The first-order valence-corrected chi connectivity index (χ1v) is 5.72. The van der Waals surface area contributed by atoms with Crippen molar-refractivity contribution in [3.63, 3.8) is 0 Å². The maximum absolute atomic E-state index is 13.8. The molecule has 1 aromatic rings. The second kappa shape index (κ2) is 6.14. The molecular weight excluding hydrogens is 235 g/mol. The Bertz CT molecular complexity index is 447. The summed E-state index contributed by atoms with van der Waals surface area (Å²) in [5.74, 6) is -0.787. The van der Waals surface area contributed by atoms with Gasteiger partial charge in [0.15, 0.2) is 0 Å². The van der Waals surface area contributed by atoms with Crippen LogP contribution in [0.2, 0.25) is 0 Å². The van der Waals surface area contributed by atoms with E-state index in [1.807, 2.05) is 13.8 Å². The van der Waals surface area contributed by atoms with Crippen molar-refractivity contribution in [2.75, 3.05) is 18.0 Å². The maximum Gasteiger partial charge on any atom is 0.236 e. The van der Waals surface area contributed by atoms with E-state index in [1.165, 1.54) is 12.1 Å². The second-order valence-electron chi connectivity index (χ2n) is 4.57. The van der Waals surface area contributed by atoms with E-state index in [1.54, 1.807) is 4.90 Å². The highest BCUT2D eigenvalue weighted by molar-refractivity contribution is 5.80. The van der Waals surface area contributed by atoms with Crippen LogP contribution in [0.25, 0.3) is 0 Å². The van der Waals surface area contributed by atoms with Gasteiger partial charge in [0.25, 0.3) is 0 Å². The molecule has 2 N–H and O–H groups in total. The normalized spacial score (nSPS) is 10.4. The largest absolute Gasteiger partial charge is 0.368 e. The van der Waals surface area contributed by atoms with Crippen molar-refractivity contribution in [1.29, 1.82) is 0 Å². The van der Waals surface area contributed by atoms with Crippen molar-refractivity contribution in [2.24, 2.45) is 11.7 Å². The minimum atomic E-state index is -0.526. The van der Waals surface area contributed by atoms with E-state index >= 15 is 0 Å². The summed E-state index contributed by atoms with van der Waals surface area (Å²) in [4.78, 5) is 23.1. The minimum Gasteiger partial charge on any atom is -0.368 e. The predicted octanol–water partition coefficient (Wildman–Crippen LogP) is 1.59. The first kappa shape index (κ1) is 14.2. The highest BCUT2D eigenvalue weighted by atomic mass is 19.1. The number of hydrogen-bond donors (Lipinski definition) is 1. The van der Waals surface area contributed by atoms with Gasteiger partial charge >= 0.3 is 0 Å². The Kier molecular flexibility index (Phi) is 4.83. The van der Waals surface area contributed by atoms with E-state index in [2.05, 4.69) is 0 Å². The smallest absolute Gasteiger partial charge is 0.236 e. The monoisotopic (exact) mass is 252 g/mol. The average molecular weight is 252 g/mol. The maximum atomic E-state index is 13.8. The van der Waals surface area contributed by atoms with Crippen LogP contribution in [-0.2, 0) is 4.79 Å². The summed E-state index contributed by atoms with van der Waals surface area (Å²) in [6.45, 7) is 4.40. The molecule has 5 heteroatoms. The van der Waals surface area contributed by atoms with E-state index in [4.69, 9.17) is 5.73 Å². The molecule has 0 spiro atoms. The fourth-order valence-corrected chi connectivity index (χ4v) is 1.73. The van der Waals surface area contributed by atoms with Gasteiger partial charge in [0.2, 0.25) is 5.91 Å². The molecule has 98 valence electrons. The number of benzene rings is 1. The van der Waals surface area contributed by atoms with Crippen LogP contribution in [0.4, 0.5) is 10.1 Å². The first-order chi connectivity index (χ1) is 8.43. The Morgan fingerprint density at radius 1 is 1.50 bits per heavy atom. The standard InChI is InChI=1S/C13H17FN2O2/c1-9(2)6-16(7-13(15)18)12-4-3-10(8-17)5-11(12)14/h3-5,8-9H,6-7H2,1-2H3,(H2,15,18). The van der Waals surface area contributed by atoms with Gasteiger partial charge in [-0.05, 0) is 24.1 Å². The minimum absolute atomic E-state index is 0.0461. The molecule has 0 aliphatic rings. The van der Waals surface area contributed by atoms with Crippen LogP contribution >= 0.6 is 0 Å². The molecule has 0 unspecified atom stereocenters. The third-order valence-electron chi connectivity index (χ3n) is 2.38. The molecule has 0 heterocycles. The number of rotatable bonds is 6. The Balaban J connectivity index is 3.03. The molecule has 0 saturated carbocycles. The van der Waals surface area contributed by atoms with Crippen molar-refractivity contribution in [2.45, 2.75) is 13.8 Å². The Morgan fingerprint density at radius 2 is 2.17 bits per heavy atom. The van der Waals surface area contributed by atoms with Gasteiger partial charge in [-0.1, -0.05) is 13.8 Å². The number of nitrogens with zero attached hydrogens (tertiary/aromatic N) is 1. The highest BCUT2D eigenvalue weighted by Gasteiger charge is 2.15. The van der Waals surface area contributed by atoms with E-state index in [9.17, 15) is 14.0 Å². The number of hydrogen-bond acceptors (Lipinski definition) is 3. The lowest BCUT2D eigenvalue weighted by molar-refractivity contribution is -0.116. The number of amides is 1. The molecule has 0 saturated heterocycles. The third kappa shape index (κ3) is 3.84. The van der Waals surface area contributed by atoms with Crippen molar-refractivity contribution >= 4 is 17.9 Å². The zero-order chi connectivity index (χ0) is 13.7. The van der Waals surface area contributed by atoms with Crippen molar-refractivity contribution < 1.29 is 14.0 Å². The van der Waals surface area contributed by atoms with Crippen LogP contribution in [0.5, 0.6) is 0 Å². The number of nitrogens with two attached hydrogens (primary N) is 1. The fourth-order valence-electron chi connectivity index (χ4n) is 1.73. The number of carbonyl (C=O) groups excluding carboxylic acids is 2. The summed E-state index contributed by atoms with van der Waals surface area (Å²) >= 11 is 0. The molecule has 4 nitrogen and oxygen atoms in total. The Labute approximate surface area is 106 Å². The molecule has 1 rings (SSSR count). The first-order valence-electron chi connectivity index (χ1n) is 5.72. The summed E-state index contributed by atoms with van der Waals surface area (Å²) < 4.78 is 13.8. The molecule has 1 amide bonds.